The summed E-state index contributed by atoms with van der Waals surface area (Å²) in [4.78, 5) is 2.41. The van der Waals surface area contributed by atoms with E-state index in [-0.39, 0.29) is 12.1 Å². The Kier molecular flexibility index (Phi) is 6.03. The van der Waals surface area contributed by atoms with E-state index in [4.69, 9.17) is 9.47 Å². The molecule has 0 aromatic heterocycles. The minimum absolute atomic E-state index is 0.164. The molecule has 2 rings (SSSR count). The van der Waals surface area contributed by atoms with Gasteiger partial charge in [-0.25, -0.2) is 0 Å². The maximum absolute atomic E-state index is 6.08. The van der Waals surface area contributed by atoms with Crippen molar-refractivity contribution < 1.29 is 9.47 Å². The molecule has 0 saturated carbocycles. The second-order valence-corrected chi connectivity index (χ2v) is 5.75. The van der Waals surface area contributed by atoms with Gasteiger partial charge in [0, 0.05) is 24.7 Å². The van der Waals surface area contributed by atoms with Gasteiger partial charge in [0.05, 0.1) is 6.61 Å². The van der Waals surface area contributed by atoms with Gasteiger partial charge in [-0.3, -0.25) is 4.90 Å². The Bertz CT molecular complexity index is 450. The van der Waals surface area contributed by atoms with Crippen LogP contribution >= 0.6 is 0 Å². The fourth-order valence-corrected chi connectivity index (χ4v) is 2.63. The highest BCUT2D eigenvalue weighted by Crippen LogP contribution is 2.26. The van der Waals surface area contributed by atoms with Crippen molar-refractivity contribution in [1.82, 2.24) is 10.2 Å². The standard InChI is InChI=1S/C17H28N2O2/c1-5-19-8-9-20-15(11-19)12-21-17-10-13(2)6-7-16(17)14(3)18-4/h6-7,10,14-15,18H,5,8-9,11-12H2,1-4H3. The minimum atomic E-state index is 0.164. The lowest BCUT2D eigenvalue weighted by Gasteiger charge is -2.32. The van der Waals surface area contributed by atoms with Gasteiger partial charge in [0.1, 0.15) is 18.5 Å². The third kappa shape index (κ3) is 4.43. The number of hydrogen-bond donors (Lipinski definition) is 1. The molecule has 118 valence electrons. The lowest BCUT2D eigenvalue weighted by Crippen LogP contribution is -2.44. The zero-order chi connectivity index (χ0) is 15.2. The Balaban J connectivity index is 2.00. The van der Waals surface area contributed by atoms with Gasteiger partial charge in [0.2, 0.25) is 0 Å². The van der Waals surface area contributed by atoms with E-state index in [9.17, 15) is 0 Å². The van der Waals surface area contributed by atoms with Crippen LogP contribution in [0.15, 0.2) is 18.2 Å². The Labute approximate surface area is 128 Å². The first kappa shape index (κ1) is 16.3. The molecule has 1 N–H and O–H groups in total. The number of likely N-dealkylation sites (N-methyl/N-ethyl adjacent to an activating group) is 1. The van der Waals surface area contributed by atoms with E-state index in [2.05, 4.69) is 49.2 Å². The minimum Gasteiger partial charge on any atom is -0.490 e. The second-order valence-electron chi connectivity index (χ2n) is 5.75. The summed E-state index contributed by atoms with van der Waals surface area (Å²) in [6.45, 7) is 10.9. The summed E-state index contributed by atoms with van der Waals surface area (Å²) in [5, 5.41) is 3.28. The maximum atomic E-state index is 6.08. The lowest BCUT2D eigenvalue weighted by atomic mass is 10.1. The summed E-state index contributed by atoms with van der Waals surface area (Å²) in [7, 11) is 1.97. The predicted octanol–water partition coefficient (Wildman–Crippen LogP) is 2.37. The van der Waals surface area contributed by atoms with Crippen molar-refractivity contribution in [2.24, 2.45) is 0 Å². The number of benzene rings is 1. The highest BCUT2D eigenvalue weighted by Gasteiger charge is 2.20. The molecule has 1 aliphatic rings. The summed E-state index contributed by atoms with van der Waals surface area (Å²) in [5.74, 6) is 0.967. The van der Waals surface area contributed by atoms with E-state index in [1.807, 2.05) is 7.05 Å². The fraction of sp³-hybridized carbons (Fsp3) is 0.647. The summed E-state index contributed by atoms with van der Waals surface area (Å²) in [6.07, 6.45) is 0.164. The second kappa shape index (κ2) is 7.78. The first-order valence-electron chi connectivity index (χ1n) is 7.88. The van der Waals surface area contributed by atoms with Gasteiger partial charge >= 0.3 is 0 Å². The molecule has 2 unspecified atom stereocenters. The molecule has 2 atom stereocenters. The fourth-order valence-electron chi connectivity index (χ4n) is 2.63. The number of hydrogen-bond acceptors (Lipinski definition) is 4. The van der Waals surface area contributed by atoms with Crippen molar-refractivity contribution in [3.63, 3.8) is 0 Å². The van der Waals surface area contributed by atoms with Crippen molar-refractivity contribution >= 4 is 0 Å². The van der Waals surface area contributed by atoms with Gasteiger partial charge in [0.25, 0.3) is 0 Å². The molecular weight excluding hydrogens is 264 g/mol. The molecule has 0 amide bonds. The summed E-state index contributed by atoms with van der Waals surface area (Å²) in [6, 6.07) is 6.67. The molecule has 1 aliphatic heterocycles. The molecule has 0 spiro atoms. The van der Waals surface area contributed by atoms with Crippen LogP contribution in [-0.4, -0.2) is 50.9 Å². The smallest absolute Gasteiger partial charge is 0.124 e. The van der Waals surface area contributed by atoms with E-state index in [0.717, 1.165) is 32.0 Å². The Morgan fingerprint density at radius 2 is 2.29 bits per heavy atom. The molecule has 0 aliphatic carbocycles. The highest BCUT2D eigenvalue weighted by molar-refractivity contribution is 5.39. The van der Waals surface area contributed by atoms with Gasteiger partial charge < -0.3 is 14.8 Å². The normalized spacial score (nSPS) is 21.2. The van der Waals surface area contributed by atoms with Gasteiger partial charge in [0.15, 0.2) is 0 Å². The van der Waals surface area contributed by atoms with Crippen LogP contribution in [0.2, 0.25) is 0 Å². The first-order chi connectivity index (χ1) is 10.1. The third-order valence-corrected chi connectivity index (χ3v) is 4.16. The van der Waals surface area contributed by atoms with Gasteiger partial charge in [-0.05, 0) is 39.1 Å². The van der Waals surface area contributed by atoms with Crippen LogP contribution in [0.4, 0.5) is 0 Å². The van der Waals surface area contributed by atoms with E-state index in [0.29, 0.717) is 6.61 Å². The van der Waals surface area contributed by atoms with E-state index < -0.39 is 0 Å². The number of nitrogens with one attached hydrogen (secondary N) is 1. The molecule has 1 aromatic rings. The number of nitrogens with zero attached hydrogens (tertiary/aromatic N) is 1. The van der Waals surface area contributed by atoms with Gasteiger partial charge in [-0.15, -0.1) is 0 Å². The van der Waals surface area contributed by atoms with Crippen LogP contribution in [0, 0.1) is 6.92 Å². The molecule has 0 bridgehead atoms. The Morgan fingerprint density at radius 1 is 1.48 bits per heavy atom. The van der Waals surface area contributed by atoms with Crippen LogP contribution in [-0.2, 0) is 4.74 Å². The van der Waals surface area contributed by atoms with Crippen LogP contribution in [0.25, 0.3) is 0 Å². The molecule has 1 saturated heterocycles. The molecule has 1 fully saturated rings. The lowest BCUT2D eigenvalue weighted by molar-refractivity contribution is -0.0465. The average Bonchev–Trinajstić information content (AvgIpc) is 2.52. The van der Waals surface area contributed by atoms with Gasteiger partial charge in [-0.2, -0.15) is 0 Å². The summed E-state index contributed by atoms with van der Waals surface area (Å²) >= 11 is 0. The number of aryl methyl sites for hydroxylation is 1. The average molecular weight is 292 g/mol. The predicted molar refractivity (Wildman–Crippen MR) is 86.0 cm³/mol. The topological polar surface area (TPSA) is 33.7 Å². The summed E-state index contributed by atoms with van der Waals surface area (Å²) < 4.78 is 11.9. The monoisotopic (exact) mass is 292 g/mol. The quantitative estimate of drug-likeness (QED) is 0.873. The van der Waals surface area contributed by atoms with Crippen molar-refractivity contribution in [3.05, 3.63) is 29.3 Å². The number of ether oxygens (including phenoxy) is 2. The van der Waals surface area contributed by atoms with Crippen LogP contribution < -0.4 is 10.1 Å². The third-order valence-electron chi connectivity index (χ3n) is 4.16. The van der Waals surface area contributed by atoms with Crippen molar-refractivity contribution in [2.75, 3.05) is 39.9 Å². The SMILES string of the molecule is CCN1CCOC(COc2cc(C)ccc2C(C)NC)C1. The van der Waals surface area contributed by atoms with Gasteiger partial charge in [-0.1, -0.05) is 19.1 Å². The van der Waals surface area contributed by atoms with Crippen LogP contribution in [0.5, 0.6) is 5.75 Å². The zero-order valence-electron chi connectivity index (χ0n) is 13.7. The molecule has 1 heterocycles. The molecule has 4 heteroatoms. The Hall–Kier alpha value is -1.10. The van der Waals surface area contributed by atoms with Crippen molar-refractivity contribution in [2.45, 2.75) is 32.9 Å². The molecular formula is C17H28N2O2. The number of morpholine rings is 1. The first-order valence-corrected chi connectivity index (χ1v) is 7.88. The van der Waals surface area contributed by atoms with E-state index in [1.165, 1.54) is 11.1 Å². The largest absolute Gasteiger partial charge is 0.490 e. The summed E-state index contributed by atoms with van der Waals surface area (Å²) in [5.41, 5.74) is 2.42. The maximum Gasteiger partial charge on any atom is 0.124 e. The van der Waals surface area contributed by atoms with Crippen molar-refractivity contribution in [3.8, 4) is 5.75 Å². The molecule has 4 nitrogen and oxygen atoms in total. The van der Waals surface area contributed by atoms with E-state index >= 15 is 0 Å². The van der Waals surface area contributed by atoms with Crippen LogP contribution in [0.1, 0.15) is 31.0 Å². The van der Waals surface area contributed by atoms with Crippen molar-refractivity contribution in [1.29, 1.82) is 0 Å². The number of rotatable bonds is 6. The molecule has 1 aromatic carbocycles. The zero-order valence-corrected chi connectivity index (χ0v) is 13.7. The van der Waals surface area contributed by atoms with E-state index in [1.54, 1.807) is 0 Å². The Morgan fingerprint density at radius 3 is 3.00 bits per heavy atom. The molecule has 0 radical (unpaired) electrons. The van der Waals surface area contributed by atoms with Crippen LogP contribution in [0.3, 0.4) is 0 Å². The molecule has 21 heavy (non-hydrogen) atoms. The highest BCUT2D eigenvalue weighted by atomic mass is 16.5.